The van der Waals surface area contributed by atoms with Crippen LogP contribution in [0.4, 0.5) is 0 Å². The van der Waals surface area contributed by atoms with Gasteiger partial charge in [-0.3, -0.25) is 0 Å². The maximum absolute atomic E-state index is 8.64. The Bertz CT molecular complexity index is 291. The summed E-state index contributed by atoms with van der Waals surface area (Å²) in [5.74, 6) is 1.78. The van der Waals surface area contributed by atoms with Crippen molar-refractivity contribution in [1.29, 1.82) is 0 Å². The maximum atomic E-state index is 8.64. The largest absolute Gasteiger partial charge is 0.496 e. The summed E-state index contributed by atoms with van der Waals surface area (Å²) in [5, 5.41) is 8.64. The molecule has 0 heterocycles. The van der Waals surface area contributed by atoms with Crippen molar-refractivity contribution in [2.45, 2.75) is 11.3 Å². The minimum Gasteiger partial charge on any atom is -0.496 e. The van der Waals surface area contributed by atoms with Gasteiger partial charge in [-0.1, -0.05) is 0 Å². The van der Waals surface area contributed by atoms with Crippen molar-refractivity contribution in [1.82, 2.24) is 0 Å². The number of thioether (sulfide) groups is 1. The fraction of sp³-hybridized carbons (Fsp3) is 0.400. The molecule has 1 rings (SSSR count). The molecule has 0 spiro atoms. The van der Waals surface area contributed by atoms with Crippen molar-refractivity contribution >= 4 is 27.7 Å². The van der Waals surface area contributed by atoms with E-state index in [1.54, 1.807) is 18.9 Å². The van der Waals surface area contributed by atoms with Crippen LogP contribution in [0.2, 0.25) is 0 Å². The standard InChI is InChI=1S/C10H13BrO2S/c1-13-10-7-8(3-4-9(10)11)14-6-2-5-12/h3-4,7,12H,2,5-6H2,1H3. The summed E-state index contributed by atoms with van der Waals surface area (Å²) in [6.45, 7) is 0.251. The van der Waals surface area contributed by atoms with Gasteiger partial charge in [-0.05, 0) is 40.5 Å². The number of aliphatic hydroxyl groups excluding tert-OH is 1. The van der Waals surface area contributed by atoms with E-state index in [2.05, 4.69) is 15.9 Å². The van der Waals surface area contributed by atoms with Crippen LogP contribution >= 0.6 is 27.7 Å². The second kappa shape index (κ2) is 6.32. The normalized spacial score (nSPS) is 10.2. The minimum atomic E-state index is 0.251. The summed E-state index contributed by atoms with van der Waals surface area (Å²) in [7, 11) is 1.66. The third-order valence-corrected chi connectivity index (χ3v) is 3.43. The monoisotopic (exact) mass is 276 g/mol. The van der Waals surface area contributed by atoms with Crippen LogP contribution in [0, 0.1) is 0 Å². The van der Waals surface area contributed by atoms with Gasteiger partial charge in [-0.15, -0.1) is 11.8 Å². The summed E-state index contributed by atoms with van der Waals surface area (Å²) in [6.07, 6.45) is 0.822. The van der Waals surface area contributed by atoms with Gasteiger partial charge >= 0.3 is 0 Å². The van der Waals surface area contributed by atoms with Crippen molar-refractivity contribution in [3.8, 4) is 5.75 Å². The second-order valence-corrected chi connectivity index (χ2v) is 4.74. The maximum Gasteiger partial charge on any atom is 0.134 e. The highest BCUT2D eigenvalue weighted by molar-refractivity contribution is 9.10. The molecule has 4 heteroatoms. The van der Waals surface area contributed by atoms with Crippen LogP contribution in [0.5, 0.6) is 5.75 Å². The van der Waals surface area contributed by atoms with Crippen LogP contribution in [-0.2, 0) is 0 Å². The molecule has 0 aliphatic rings. The molecule has 0 saturated heterocycles. The number of aliphatic hydroxyl groups is 1. The lowest BCUT2D eigenvalue weighted by molar-refractivity contribution is 0.296. The molecule has 14 heavy (non-hydrogen) atoms. The van der Waals surface area contributed by atoms with Crippen molar-refractivity contribution < 1.29 is 9.84 Å². The van der Waals surface area contributed by atoms with E-state index < -0.39 is 0 Å². The molecular formula is C10H13BrO2S. The molecule has 0 bridgehead atoms. The number of hydrogen-bond donors (Lipinski definition) is 1. The lowest BCUT2D eigenvalue weighted by Crippen LogP contribution is -1.87. The molecule has 2 nitrogen and oxygen atoms in total. The Morgan fingerprint density at radius 3 is 2.93 bits per heavy atom. The van der Waals surface area contributed by atoms with E-state index in [1.807, 2.05) is 18.2 Å². The zero-order valence-corrected chi connectivity index (χ0v) is 10.4. The van der Waals surface area contributed by atoms with Gasteiger partial charge < -0.3 is 9.84 Å². The topological polar surface area (TPSA) is 29.5 Å². The fourth-order valence-electron chi connectivity index (χ4n) is 0.984. The van der Waals surface area contributed by atoms with Crippen LogP contribution in [0.15, 0.2) is 27.6 Å². The van der Waals surface area contributed by atoms with Gasteiger partial charge in [0.25, 0.3) is 0 Å². The van der Waals surface area contributed by atoms with Gasteiger partial charge in [0.15, 0.2) is 0 Å². The lowest BCUT2D eigenvalue weighted by atomic mass is 10.3. The molecule has 0 fully saturated rings. The van der Waals surface area contributed by atoms with Crippen LogP contribution < -0.4 is 4.74 Å². The third kappa shape index (κ3) is 3.52. The van der Waals surface area contributed by atoms with E-state index in [1.165, 1.54) is 4.90 Å². The Labute approximate surface area is 96.8 Å². The first kappa shape index (κ1) is 11.9. The van der Waals surface area contributed by atoms with E-state index in [4.69, 9.17) is 9.84 Å². The van der Waals surface area contributed by atoms with Gasteiger partial charge in [0.2, 0.25) is 0 Å². The third-order valence-electron chi connectivity index (χ3n) is 1.69. The fourth-order valence-corrected chi connectivity index (χ4v) is 2.26. The summed E-state index contributed by atoms with van der Waals surface area (Å²) < 4.78 is 6.15. The highest BCUT2D eigenvalue weighted by Gasteiger charge is 2.01. The second-order valence-electron chi connectivity index (χ2n) is 2.72. The molecule has 0 amide bonds. The molecule has 0 aromatic heterocycles. The molecular weight excluding hydrogens is 264 g/mol. The first-order valence-corrected chi connectivity index (χ1v) is 6.13. The van der Waals surface area contributed by atoms with Crippen LogP contribution in [-0.4, -0.2) is 24.6 Å². The van der Waals surface area contributed by atoms with Gasteiger partial charge in [0, 0.05) is 17.3 Å². The summed E-state index contributed by atoms with van der Waals surface area (Å²) >= 11 is 5.12. The minimum absolute atomic E-state index is 0.251. The van der Waals surface area contributed by atoms with Crippen LogP contribution in [0.25, 0.3) is 0 Å². The molecule has 1 aromatic rings. The lowest BCUT2D eigenvalue weighted by Gasteiger charge is -2.05. The quantitative estimate of drug-likeness (QED) is 0.663. The summed E-state index contributed by atoms with van der Waals surface area (Å²) in [6, 6.07) is 6.00. The Kier molecular flexibility index (Phi) is 5.37. The first-order chi connectivity index (χ1) is 6.77. The van der Waals surface area contributed by atoms with E-state index in [9.17, 15) is 0 Å². The highest BCUT2D eigenvalue weighted by atomic mass is 79.9. The molecule has 1 aromatic carbocycles. The Morgan fingerprint density at radius 2 is 2.29 bits per heavy atom. The molecule has 0 aliphatic heterocycles. The summed E-state index contributed by atoms with van der Waals surface area (Å²) in [5.41, 5.74) is 0. The van der Waals surface area contributed by atoms with Gasteiger partial charge in [0.1, 0.15) is 5.75 Å². The highest BCUT2D eigenvalue weighted by Crippen LogP contribution is 2.30. The van der Waals surface area contributed by atoms with Crippen molar-refractivity contribution in [2.24, 2.45) is 0 Å². The average molecular weight is 277 g/mol. The number of ether oxygens (including phenoxy) is 1. The Balaban J connectivity index is 2.60. The molecule has 0 radical (unpaired) electrons. The van der Waals surface area contributed by atoms with E-state index in [0.29, 0.717) is 0 Å². The summed E-state index contributed by atoms with van der Waals surface area (Å²) in [4.78, 5) is 1.17. The molecule has 0 saturated carbocycles. The average Bonchev–Trinajstić information content (AvgIpc) is 2.21. The van der Waals surface area contributed by atoms with Gasteiger partial charge in [-0.2, -0.15) is 0 Å². The molecule has 78 valence electrons. The molecule has 0 atom stereocenters. The van der Waals surface area contributed by atoms with Gasteiger partial charge in [0.05, 0.1) is 11.6 Å². The van der Waals surface area contributed by atoms with Gasteiger partial charge in [-0.25, -0.2) is 0 Å². The molecule has 1 N–H and O–H groups in total. The van der Waals surface area contributed by atoms with E-state index in [-0.39, 0.29) is 6.61 Å². The van der Waals surface area contributed by atoms with Crippen molar-refractivity contribution in [3.05, 3.63) is 22.7 Å². The predicted molar refractivity (Wildman–Crippen MR) is 63.1 cm³/mol. The Hall–Kier alpha value is -0.190. The molecule has 0 aliphatic carbocycles. The number of methoxy groups -OCH3 is 1. The zero-order valence-electron chi connectivity index (χ0n) is 8.00. The first-order valence-electron chi connectivity index (χ1n) is 4.35. The molecule has 0 unspecified atom stereocenters. The number of benzene rings is 1. The zero-order chi connectivity index (χ0) is 10.4. The number of halogens is 1. The smallest absolute Gasteiger partial charge is 0.134 e. The van der Waals surface area contributed by atoms with Crippen molar-refractivity contribution in [2.75, 3.05) is 19.5 Å². The van der Waals surface area contributed by atoms with Crippen molar-refractivity contribution in [3.63, 3.8) is 0 Å². The number of rotatable bonds is 5. The number of hydrogen-bond acceptors (Lipinski definition) is 3. The van der Waals surface area contributed by atoms with E-state index >= 15 is 0 Å². The van der Waals surface area contributed by atoms with Crippen LogP contribution in [0.3, 0.4) is 0 Å². The Morgan fingerprint density at radius 1 is 1.50 bits per heavy atom. The van der Waals surface area contributed by atoms with E-state index in [0.717, 1.165) is 22.4 Å². The SMILES string of the molecule is COc1cc(SCCCO)ccc1Br. The van der Waals surface area contributed by atoms with Crippen LogP contribution in [0.1, 0.15) is 6.42 Å². The predicted octanol–water partition coefficient (Wildman–Crippen LogP) is 2.93.